The number of piperidine rings is 1. The van der Waals surface area contributed by atoms with Crippen molar-refractivity contribution in [3.05, 3.63) is 24.3 Å². The normalized spacial score (nSPS) is 19.3. The maximum absolute atomic E-state index is 12.1. The number of carbonyl (C=O) groups excluding carboxylic acids is 1. The van der Waals surface area contributed by atoms with E-state index in [4.69, 9.17) is 9.88 Å². The number of amides is 1. The minimum absolute atomic E-state index is 0.0193. The Bertz CT molecular complexity index is 598. The molecule has 0 aromatic heterocycles. The highest BCUT2D eigenvalue weighted by Crippen LogP contribution is 2.18. The number of carbonyl (C=O) groups is 1. The summed E-state index contributed by atoms with van der Waals surface area (Å²) in [5, 5.41) is 5.01. The van der Waals surface area contributed by atoms with Crippen LogP contribution in [0.4, 0.5) is 0 Å². The molecule has 1 heterocycles. The molecule has 2 N–H and O–H groups in total. The van der Waals surface area contributed by atoms with Crippen molar-refractivity contribution in [2.75, 3.05) is 13.2 Å². The van der Waals surface area contributed by atoms with E-state index in [-0.39, 0.29) is 23.5 Å². The maximum Gasteiger partial charge on any atom is 0.260 e. The van der Waals surface area contributed by atoms with E-state index in [0.29, 0.717) is 5.75 Å². The predicted octanol–water partition coefficient (Wildman–Crippen LogP) is 1.11. The number of hydrogen-bond acceptors (Lipinski definition) is 4. The van der Waals surface area contributed by atoms with Crippen LogP contribution < -0.4 is 9.88 Å². The SMILES string of the molecule is C[C@@H]1CCCCN1C(=O)COc1ccc(S(N)(=O)=O)cc1. The molecule has 6 nitrogen and oxygen atoms in total. The fourth-order valence-electron chi connectivity index (χ4n) is 2.42. The number of nitrogens with two attached hydrogens (primary N) is 1. The van der Waals surface area contributed by atoms with Crippen molar-refractivity contribution in [1.82, 2.24) is 4.90 Å². The third-order valence-corrected chi connectivity index (χ3v) is 4.57. The molecule has 1 aliphatic rings. The summed E-state index contributed by atoms with van der Waals surface area (Å²) in [6, 6.07) is 5.95. The summed E-state index contributed by atoms with van der Waals surface area (Å²) in [6.45, 7) is 2.77. The molecule has 0 bridgehead atoms. The van der Waals surface area contributed by atoms with Crippen LogP contribution in [0.1, 0.15) is 26.2 Å². The molecule has 1 aromatic rings. The van der Waals surface area contributed by atoms with Crippen molar-refractivity contribution in [3.63, 3.8) is 0 Å². The van der Waals surface area contributed by atoms with Crippen molar-refractivity contribution >= 4 is 15.9 Å². The van der Waals surface area contributed by atoms with Gasteiger partial charge in [0.25, 0.3) is 5.91 Å². The number of primary sulfonamides is 1. The molecule has 0 aliphatic carbocycles. The topological polar surface area (TPSA) is 89.7 Å². The number of likely N-dealkylation sites (tertiary alicyclic amines) is 1. The van der Waals surface area contributed by atoms with Crippen LogP contribution in [0.2, 0.25) is 0 Å². The Morgan fingerprint density at radius 3 is 2.57 bits per heavy atom. The lowest BCUT2D eigenvalue weighted by atomic mass is 10.0. The molecule has 0 spiro atoms. The number of ether oxygens (including phenoxy) is 1. The Labute approximate surface area is 124 Å². The first-order valence-electron chi connectivity index (χ1n) is 6.93. The van der Waals surface area contributed by atoms with E-state index >= 15 is 0 Å². The molecule has 1 aliphatic heterocycles. The van der Waals surface area contributed by atoms with Gasteiger partial charge in [0.1, 0.15) is 5.75 Å². The highest BCUT2D eigenvalue weighted by Gasteiger charge is 2.23. The molecule has 1 fully saturated rings. The summed E-state index contributed by atoms with van der Waals surface area (Å²) in [4.78, 5) is 13.9. The highest BCUT2D eigenvalue weighted by molar-refractivity contribution is 7.89. The Balaban J connectivity index is 1.92. The minimum Gasteiger partial charge on any atom is -0.484 e. The van der Waals surface area contributed by atoms with Crippen LogP contribution in [-0.4, -0.2) is 38.4 Å². The molecule has 1 saturated heterocycles. The van der Waals surface area contributed by atoms with Gasteiger partial charge in [-0.25, -0.2) is 13.6 Å². The summed E-state index contributed by atoms with van der Waals surface area (Å²) in [5.41, 5.74) is 0. The van der Waals surface area contributed by atoms with Gasteiger partial charge in [0.2, 0.25) is 10.0 Å². The van der Waals surface area contributed by atoms with E-state index in [1.54, 1.807) is 0 Å². The second kappa shape index (κ2) is 6.44. The van der Waals surface area contributed by atoms with Gasteiger partial charge in [0.15, 0.2) is 6.61 Å². The zero-order chi connectivity index (χ0) is 15.5. The minimum atomic E-state index is -3.71. The van der Waals surface area contributed by atoms with E-state index in [1.165, 1.54) is 24.3 Å². The van der Waals surface area contributed by atoms with Crippen molar-refractivity contribution < 1.29 is 17.9 Å². The van der Waals surface area contributed by atoms with Crippen molar-refractivity contribution in [2.45, 2.75) is 37.1 Å². The average molecular weight is 312 g/mol. The van der Waals surface area contributed by atoms with Crippen LogP contribution in [0, 0.1) is 0 Å². The number of sulfonamides is 1. The standard InChI is InChI=1S/C14H20N2O4S/c1-11-4-2-3-9-16(11)14(17)10-20-12-5-7-13(8-6-12)21(15,18)19/h5-8,11H,2-4,9-10H2,1H3,(H2,15,18,19)/t11-/m1/s1. The van der Waals surface area contributed by atoms with Gasteiger partial charge in [-0.3, -0.25) is 4.79 Å². The van der Waals surface area contributed by atoms with Gasteiger partial charge in [-0.1, -0.05) is 0 Å². The van der Waals surface area contributed by atoms with Gasteiger partial charge in [-0.05, 0) is 50.5 Å². The van der Waals surface area contributed by atoms with Crippen LogP contribution in [-0.2, 0) is 14.8 Å². The Morgan fingerprint density at radius 2 is 2.00 bits per heavy atom. The van der Waals surface area contributed by atoms with Crippen LogP contribution in [0.5, 0.6) is 5.75 Å². The lowest BCUT2D eigenvalue weighted by molar-refractivity contribution is -0.136. The van der Waals surface area contributed by atoms with Gasteiger partial charge in [-0.15, -0.1) is 0 Å². The van der Waals surface area contributed by atoms with Gasteiger partial charge in [0, 0.05) is 12.6 Å². The molecule has 1 aromatic carbocycles. The first kappa shape index (κ1) is 15.8. The summed E-state index contributed by atoms with van der Waals surface area (Å²) >= 11 is 0. The molecule has 1 amide bonds. The molecule has 1 atom stereocenters. The smallest absolute Gasteiger partial charge is 0.260 e. The molecular formula is C14H20N2O4S. The average Bonchev–Trinajstić information content (AvgIpc) is 2.45. The van der Waals surface area contributed by atoms with E-state index in [2.05, 4.69) is 0 Å². The fourth-order valence-corrected chi connectivity index (χ4v) is 2.94. The molecule has 0 unspecified atom stereocenters. The highest BCUT2D eigenvalue weighted by atomic mass is 32.2. The molecule has 0 radical (unpaired) electrons. The van der Waals surface area contributed by atoms with Crippen molar-refractivity contribution in [1.29, 1.82) is 0 Å². The van der Waals surface area contributed by atoms with Gasteiger partial charge < -0.3 is 9.64 Å². The summed E-state index contributed by atoms with van der Waals surface area (Å²) in [6.07, 6.45) is 3.20. The molecule has 0 saturated carbocycles. The van der Waals surface area contributed by atoms with E-state index < -0.39 is 10.0 Å². The molecule has 7 heteroatoms. The van der Waals surface area contributed by atoms with Crippen LogP contribution >= 0.6 is 0 Å². The Morgan fingerprint density at radius 1 is 1.33 bits per heavy atom. The monoisotopic (exact) mass is 312 g/mol. The number of nitrogens with zero attached hydrogens (tertiary/aromatic N) is 1. The summed E-state index contributed by atoms with van der Waals surface area (Å²) in [7, 11) is -3.71. The first-order valence-corrected chi connectivity index (χ1v) is 8.47. The lowest BCUT2D eigenvalue weighted by Crippen LogP contribution is -2.44. The number of rotatable bonds is 4. The quantitative estimate of drug-likeness (QED) is 0.902. The van der Waals surface area contributed by atoms with E-state index in [9.17, 15) is 13.2 Å². The van der Waals surface area contributed by atoms with Gasteiger partial charge >= 0.3 is 0 Å². The number of benzene rings is 1. The third kappa shape index (κ3) is 4.18. The maximum atomic E-state index is 12.1. The molecule has 2 rings (SSSR count). The van der Waals surface area contributed by atoms with E-state index in [1.807, 2.05) is 11.8 Å². The van der Waals surface area contributed by atoms with Crippen LogP contribution in [0.3, 0.4) is 0 Å². The largest absolute Gasteiger partial charge is 0.484 e. The number of hydrogen-bond donors (Lipinski definition) is 1. The van der Waals surface area contributed by atoms with Crippen LogP contribution in [0.25, 0.3) is 0 Å². The fraction of sp³-hybridized carbons (Fsp3) is 0.500. The molecular weight excluding hydrogens is 292 g/mol. The Kier molecular flexibility index (Phi) is 4.84. The van der Waals surface area contributed by atoms with Crippen molar-refractivity contribution in [2.24, 2.45) is 5.14 Å². The zero-order valence-corrected chi connectivity index (χ0v) is 12.8. The summed E-state index contributed by atoms with van der Waals surface area (Å²) in [5.74, 6) is 0.401. The zero-order valence-electron chi connectivity index (χ0n) is 12.0. The van der Waals surface area contributed by atoms with Gasteiger partial charge in [0.05, 0.1) is 4.90 Å². The molecule has 21 heavy (non-hydrogen) atoms. The first-order chi connectivity index (χ1) is 9.88. The second-order valence-corrected chi connectivity index (χ2v) is 6.80. The van der Waals surface area contributed by atoms with Crippen LogP contribution in [0.15, 0.2) is 29.2 Å². The second-order valence-electron chi connectivity index (χ2n) is 5.24. The summed E-state index contributed by atoms with van der Waals surface area (Å²) < 4.78 is 27.7. The lowest BCUT2D eigenvalue weighted by Gasteiger charge is -2.33. The Hall–Kier alpha value is -1.60. The van der Waals surface area contributed by atoms with Crippen molar-refractivity contribution in [3.8, 4) is 5.75 Å². The van der Waals surface area contributed by atoms with E-state index in [0.717, 1.165) is 25.8 Å². The van der Waals surface area contributed by atoms with Gasteiger partial charge in [-0.2, -0.15) is 0 Å². The molecule has 116 valence electrons. The predicted molar refractivity (Wildman–Crippen MR) is 78.3 cm³/mol. The third-order valence-electron chi connectivity index (χ3n) is 3.64.